The summed E-state index contributed by atoms with van der Waals surface area (Å²) in [5, 5.41) is 0. The molecule has 5 nitrogen and oxygen atoms in total. The summed E-state index contributed by atoms with van der Waals surface area (Å²) in [4.78, 5) is 30.9. The van der Waals surface area contributed by atoms with E-state index in [9.17, 15) is 9.59 Å². The van der Waals surface area contributed by atoms with E-state index in [2.05, 4.69) is 4.98 Å². The maximum absolute atomic E-state index is 13.0. The van der Waals surface area contributed by atoms with Crippen molar-refractivity contribution in [3.8, 4) is 0 Å². The van der Waals surface area contributed by atoms with Gasteiger partial charge in [-0.15, -0.1) is 0 Å². The molecule has 1 heterocycles. The minimum absolute atomic E-state index is 0.00875. The number of esters is 1. The summed E-state index contributed by atoms with van der Waals surface area (Å²) in [6, 6.07) is 4.12. The maximum Gasteiger partial charge on any atom is 0.325 e. The number of rotatable bonds is 6. The number of carbonyl (C=O) groups is 2. The average Bonchev–Trinajstić information content (AvgIpc) is 3.42. The smallest absolute Gasteiger partial charge is 0.325 e. The van der Waals surface area contributed by atoms with E-state index in [0.717, 1.165) is 37.7 Å². The van der Waals surface area contributed by atoms with E-state index in [-0.39, 0.29) is 36.3 Å². The van der Waals surface area contributed by atoms with Crippen LogP contribution in [0.3, 0.4) is 0 Å². The highest BCUT2D eigenvalue weighted by molar-refractivity contribution is 5.86. The van der Waals surface area contributed by atoms with Gasteiger partial charge in [-0.1, -0.05) is 25.3 Å². The lowest BCUT2D eigenvalue weighted by atomic mass is 9.93. The molecule has 0 saturated heterocycles. The third-order valence-corrected chi connectivity index (χ3v) is 5.12. The first-order chi connectivity index (χ1) is 11.7. The molecule has 0 N–H and O–H groups in total. The van der Waals surface area contributed by atoms with Crippen molar-refractivity contribution in [2.24, 2.45) is 5.92 Å². The number of amides is 1. The number of carbonyl (C=O) groups excluding carboxylic acids is 2. The lowest BCUT2D eigenvalue weighted by Gasteiger charge is -2.34. The molecule has 5 heteroatoms. The van der Waals surface area contributed by atoms with Gasteiger partial charge >= 0.3 is 5.97 Å². The molecule has 1 aromatic rings. The normalized spacial score (nSPS) is 23.5. The van der Waals surface area contributed by atoms with Gasteiger partial charge in [0.1, 0.15) is 6.54 Å². The Labute approximate surface area is 143 Å². The molecule has 2 saturated carbocycles. The topological polar surface area (TPSA) is 59.5 Å². The highest BCUT2D eigenvalue weighted by Crippen LogP contribution is 2.48. The van der Waals surface area contributed by atoms with Crippen LogP contribution in [0, 0.1) is 5.92 Å². The molecule has 2 aliphatic rings. The first kappa shape index (κ1) is 16.9. The van der Waals surface area contributed by atoms with Crippen LogP contribution < -0.4 is 0 Å². The Kier molecular flexibility index (Phi) is 5.48. The van der Waals surface area contributed by atoms with E-state index in [1.165, 1.54) is 6.42 Å². The van der Waals surface area contributed by atoms with Gasteiger partial charge < -0.3 is 9.64 Å². The first-order valence-corrected chi connectivity index (χ1v) is 9.06. The fourth-order valence-corrected chi connectivity index (χ4v) is 3.77. The summed E-state index contributed by atoms with van der Waals surface area (Å²) in [7, 11) is 0. The summed E-state index contributed by atoms with van der Waals surface area (Å²) < 4.78 is 5.08. The van der Waals surface area contributed by atoms with Gasteiger partial charge in [-0.25, -0.2) is 0 Å². The summed E-state index contributed by atoms with van der Waals surface area (Å²) in [5.74, 6) is 0.0591. The van der Waals surface area contributed by atoms with Crippen molar-refractivity contribution < 1.29 is 14.3 Å². The third kappa shape index (κ3) is 3.94. The van der Waals surface area contributed by atoms with Gasteiger partial charge in [-0.3, -0.25) is 14.6 Å². The zero-order valence-electron chi connectivity index (χ0n) is 14.3. The van der Waals surface area contributed by atoms with Gasteiger partial charge in [0.05, 0.1) is 6.61 Å². The van der Waals surface area contributed by atoms with Crippen molar-refractivity contribution in [1.29, 1.82) is 0 Å². The molecule has 0 radical (unpaired) electrons. The minimum atomic E-state index is -0.296. The summed E-state index contributed by atoms with van der Waals surface area (Å²) >= 11 is 0. The molecule has 0 aromatic carbocycles. The van der Waals surface area contributed by atoms with E-state index in [4.69, 9.17) is 4.74 Å². The van der Waals surface area contributed by atoms with Crippen LogP contribution >= 0.6 is 0 Å². The van der Waals surface area contributed by atoms with Crippen molar-refractivity contribution in [2.45, 2.75) is 57.4 Å². The van der Waals surface area contributed by atoms with E-state index in [1.54, 1.807) is 18.0 Å². The molecule has 1 amide bonds. The van der Waals surface area contributed by atoms with Gasteiger partial charge in [0, 0.05) is 24.4 Å². The first-order valence-electron chi connectivity index (χ1n) is 9.06. The van der Waals surface area contributed by atoms with E-state index in [0.29, 0.717) is 6.61 Å². The van der Waals surface area contributed by atoms with Crippen LogP contribution in [0.1, 0.15) is 56.9 Å². The second kappa shape index (κ2) is 7.77. The van der Waals surface area contributed by atoms with Crippen LogP contribution in [-0.4, -0.2) is 41.0 Å². The fraction of sp³-hybridized carbons (Fsp3) is 0.632. The Balaban J connectivity index is 1.68. The van der Waals surface area contributed by atoms with Crippen molar-refractivity contribution >= 4 is 11.9 Å². The minimum Gasteiger partial charge on any atom is -0.465 e. The Morgan fingerprint density at radius 1 is 1.29 bits per heavy atom. The van der Waals surface area contributed by atoms with E-state index in [1.807, 2.05) is 18.3 Å². The number of nitrogens with zero attached hydrogens (tertiary/aromatic N) is 2. The lowest BCUT2D eigenvalue weighted by molar-refractivity contribution is -0.151. The highest BCUT2D eigenvalue weighted by atomic mass is 16.5. The molecule has 2 atom stereocenters. The van der Waals surface area contributed by atoms with Gasteiger partial charge in [0.15, 0.2) is 0 Å². The quantitative estimate of drug-likeness (QED) is 0.753. The molecule has 3 rings (SSSR count). The van der Waals surface area contributed by atoms with Crippen molar-refractivity contribution in [1.82, 2.24) is 9.88 Å². The Morgan fingerprint density at radius 3 is 2.75 bits per heavy atom. The number of pyridine rings is 1. The van der Waals surface area contributed by atoms with Gasteiger partial charge in [0.2, 0.25) is 5.91 Å². The number of hydrogen-bond donors (Lipinski definition) is 0. The molecular weight excluding hydrogens is 304 g/mol. The zero-order valence-corrected chi connectivity index (χ0v) is 14.3. The number of aromatic nitrogens is 1. The second-order valence-corrected chi connectivity index (χ2v) is 6.80. The van der Waals surface area contributed by atoms with Crippen LogP contribution in [-0.2, 0) is 14.3 Å². The zero-order chi connectivity index (χ0) is 16.9. The predicted molar refractivity (Wildman–Crippen MR) is 90.3 cm³/mol. The van der Waals surface area contributed by atoms with Crippen LogP contribution in [0.25, 0.3) is 0 Å². The van der Waals surface area contributed by atoms with E-state index < -0.39 is 0 Å². The molecule has 2 aliphatic carbocycles. The summed E-state index contributed by atoms with van der Waals surface area (Å²) in [5.41, 5.74) is 1.12. The van der Waals surface area contributed by atoms with Crippen LogP contribution in [0.5, 0.6) is 0 Å². The molecule has 0 spiro atoms. The van der Waals surface area contributed by atoms with Crippen molar-refractivity contribution in [2.75, 3.05) is 13.2 Å². The fourth-order valence-electron chi connectivity index (χ4n) is 3.77. The SMILES string of the molecule is CCOC(=O)CN(C(=O)[C@H]1C[C@@H]1c1cccnc1)C1CCCCC1. The largest absolute Gasteiger partial charge is 0.465 e. The monoisotopic (exact) mass is 330 g/mol. The maximum atomic E-state index is 13.0. The second-order valence-electron chi connectivity index (χ2n) is 6.80. The Hall–Kier alpha value is -1.91. The lowest BCUT2D eigenvalue weighted by Crippen LogP contribution is -2.45. The van der Waals surface area contributed by atoms with Crippen molar-refractivity contribution in [3.63, 3.8) is 0 Å². The molecular formula is C19H26N2O3. The highest BCUT2D eigenvalue weighted by Gasteiger charge is 2.47. The third-order valence-electron chi connectivity index (χ3n) is 5.12. The molecule has 130 valence electrons. The number of ether oxygens (including phenoxy) is 1. The van der Waals surface area contributed by atoms with Crippen LogP contribution in [0.4, 0.5) is 0 Å². The molecule has 0 aliphatic heterocycles. The standard InChI is InChI=1S/C19H26N2O3/c1-2-24-18(22)13-21(15-8-4-3-5-9-15)19(23)17-11-16(17)14-7-6-10-20-12-14/h6-7,10,12,15-17H,2-5,8-9,11,13H2,1H3/t16-,17+/m1/s1. The van der Waals surface area contributed by atoms with Crippen molar-refractivity contribution in [3.05, 3.63) is 30.1 Å². The Morgan fingerprint density at radius 2 is 2.08 bits per heavy atom. The van der Waals surface area contributed by atoms with Crippen LogP contribution in [0.15, 0.2) is 24.5 Å². The van der Waals surface area contributed by atoms with Gasteiger partial charge in [-0.2, -0.15) is 0 Å². The van der Waals surface area contributed by atoms with Gasteiger partial charge in [0.25, 0.3) is 0 Å². The predicted octanol–water partition coefficient (Wildman–Crippen LogP) is 2.91. The van der Waals surface area contributed by atoms with Crippen LogP contribution in [0.2, 0.25) is 0 Å². The molecule has 0 unspecified atom stereocenters. The summed E-state index contributed by atoms with van der Waals surface area (Å²) in [6.07, 6.45) is 9.93. The van der Waals surface area contributed by atoms with Gasteiger partial charge in [-0.05, 0) is 43.7 Å². The molecule has 24 heavy (non-hydrogen) atoms. The summed E-state index contributed by atoms with van der Waals surface area (Å²) in [6.45, 7) is 2.24. The number of hydrogen-bond acceptors (Lipinski definition) is 4. The average molecular weight is 330 g/mol. The molecule has 0 bridgehead atoms. The molecule has 1 aromatic heterocycles. The molecule has 2 fully saturated rings. The van der Waals surface area contributed by atoms with E-state index >= 15 is 0 Å². The Bertz CT molecular complexity index is 569.